The number of ether oxygens (including phenoxy) is 1. The minimum Gasteiger partial charge on any atom is -0.379 e. The third kappa shape index (κ3) is 3.74. The largest absolute Gasteiger partial charge is 0.379 e. The van der Waals surface area contributed by atoms with Crippen molar-refractivity contribution in [3.8, 4) is 0 Å². The van der Waals surface area contributed by atoms with Crippen molar-refractivity contribution in [1.29, 1.82) is 0 Å². The Morgan fingerprint density at radius 2 is 2.05 bits per heavy atom. The molecule has 2 saturated heterocycles. The van der Waals surface area contributed by atoms with E-state index in [2.05, 4.69) is 33.8 Å². The summed E-state index contributed by atoms with van der Waals surface area (Å²) in [5, 5.41) is 4.08. The lowest BCUT2D eigenvalue weighted by Crippen LogP contribution is -2.44. The summed E-state index contributed by atoms with van der Waals surface area (Å²) >= 11 is 0. The summed E-state index contributed by atoms with van der Waals surface area (Å²) < 4.78 is 10.9. The number of rotatable bonds is 4. The van der Waals surface area contributed by atoms with Gasteiger partial charge >= 0.3 is 6.01 Å². The van der Waals surface area contributed by atoms with Crippen LogP contribution >= 0.6 is 0 Å². The Hall–Kier alpha value is -1.14. The molecule has 1 atom stereocenters. The Morgan fingerprint density at radius 3 is 2.76 bits per heavy atom. The molecule has 3 heterocycles. The minimum atomic E-state index is 0.316. The molecule has 1 unspecified atom stereocenters. The molecule has 0 radical (unpaired) electrons. The first-order valence-electron chi connectivity index (χ1n) is 8.11. The lowest BCUT2D eigenvalue weighted by Gasteiger charge is -2.35. The van der Waals surface area contributed by atoms with E-state index in [9.17, 15) is 0 Å². The predicted octanol–water partition coefficient (Wildman–Crippen LogP) is 1.74. The molecule has 118 valence electrons. The van der Waals surface area contributed by atoms with E-state index in [-0.39, 0.29) is 0 Å². The van der Waals surface area contributed by atoms with Crippen LogP contribution in [0, 0.1) is 5.92 Å². The summed E-state index contributed by atoms with van der Waals surface area (Å²) in [5.41, 5.74) is 0. The maximum Gasteiger partial charge on any atom is 0.324 e. The van der Waals surface area contributed by atoms with Crippen molar-refractivity contribution >= 4 is 6.01 Å². The van der Waals surface area contributed by atoms with Gasteiger partial charge in [-0.1, -0.05) is 19.0 Å². The number of piperidine rings is 1. The highest BCUT2D eigenvalue weighted by Gasteiger charge is 2.26. The lowest BCUT2D eigenvalue weighted by molar-refractivity contribution is 0.0295. The van der Waals surface area contributed by atoms with E-state index in [1.54, 1.807) is 0 Å². The summed E-state index contributed by atoms with van der Waals surface area (Å²) in [6, 6.07) is 0.699. The molecule has 3 rings (SSSR count). The zero-order valence-corrected chi connectivity index (χ0v) is 13.1. The first-order valence-corrected chi connectivity index (χ1v) is 8.11. The smallest absolute Gasteiger partial charge is 0.324 e. The van der Waals surface area contributed by atoms with E-state index in [1.165, 1.54) is 12.8 Å². The molecule has 0 N–H and O–H groups in total. The molecule has 0 bridgehead atoms. The quantitative estimate of drug-likeness (QED) is 0.843. The monoisotopic (exact) mass is 294 g/mol. The number of aromatic nitrogens is 2. The number of morpholine rings is 1. The molecular weight excluding hydrogens is 268 g/mol. The fourth-order valence-corrected chi connectivity index (χ4v) is 3.13. The molecule has 2 aliphatic heterocycles. The molecule has 6 heteroatoms. The fraction of sp³-hybridized carbons (Fsp3) is 0.867. The summed E-state index contributed by atoms with van der Waals surface area (Å²) in [6.45, 7) is 11.3. The number of hydrogen-bond donors (Lipinski definition) is 0. The molecule has 0 aliphatic carbocycles. The molecule has 0 aromatic carbocycles. The van der Waals surface area contributed by atoms with Crippen molar-refractivity contribution < 1.29 is 9.26 Å². The van der Waals surface area contributed by atoms with Crippen molar-refractivity contribution in [2.75, 3.05) is 50.8 Å². The first-order chi connectivity index (χ1) is 10.2. The second-order valence-electron chi connectivity index (χ2n) is 6.46. The van der Waals surface area contributed by atoms with Crippen LogP contribution in [0.3, 0.4) is 0 Å². The Balaban J connectivity index is 1.56. The van der Waals surface area contributed by atoms with Gasteiger partial charge in [0.15, 0.2) is 5.82 Å². The van der Waals surface area contributed by atoms with Crippen molar-refractivity contribution in [3.05, 3.63) is 5.82 Å². The van der Waals surface area contributed by atoms with Crippen LogP contribution in [0.2, 0.25) is 0 Å². The summed E-state index contributed by atoms with van der Waals surface area (Å²) in [6.07, 6.45) is 2.49. The Morgan fingerprint density at radius 1 is 1.24 bits per heavy atom. The highest BCUT2D eigenvalue weighted by atomic mass is 16.5. The number of nitrogens with zero attached hydrogens (tertiary/aromatic N) is 4. The van der Waals surface area contributed by atoms with Crippen LogP contribution in [0.25, 0.3) is 0 Å². The molecule has 1 aromatic rings. The van der Waals surface area contributed by atoms with Crippen LogP contribution in [0.5, 0.6) is 0 Å². The van der Waals surface area contributed by atoms with Crippen molar-refractivity contribution in [1.82, 2.24) is 15.0 Å². The molecule has 21 heavy (non-hydrogen) atoms. The second-order valence-corrected chi connectivity index (χ2v) is 6.46. The van der Waals surface area contributed by atoms with Crippen LogP contribution in [-0.4, -0.2) is 61.0 Å². The molecule has 6 nitrogen and oxygen atoms in total. The Bertz CT molecular complexity index is 443. The standard InChI is InChI=1S/C15H26N4O2/c1-12(2)14-16-15(21-17-14)19-5-3-4-13(11-19)10-18-6-8-20-9-7-18/h12-13H,3-11H2,1-2H3. The molecule has 0 saturated carbocycles. The summed E-state index contributed by atoms with van der Waals surface area (Å²) in [5.74, 6) is 1.81. The van der Waals surface area contributed by atoms with Gasteiger partial charge in [-0.15, -0.1) is 0 Å². The molecular formula is C15H26N4O2. The van der Waals surface area contributed by atoms with E-state index in [4.69, 9.17) is 9.26 Å². The van der Waals surface area contributed by atoms with Crippen LogP contribution in [0.15, 0.2) is 4.52 Å². The highest BCUT2D eigenvalue weighted by Crippen LogP contribution is 2.24. The van der Waals surface area contributed by atoms with E-state index < -0.39 is 0 Å². The van der Waals surface area contributed by atoms with Gasteiger partial charge in [0, 0.05) is 38.6 Å². The zero-order valence-electron chi connectivity index (χ0n) is 13.1. The van der Waals surface area contributed by atoms with E-state index >= 15 is 0 Å². The molecule has 2 fully saturated rings. The van der Waals surface area contributed by atoms with Gasteiger partial charge in [-0.2, -0.15) is 4.98 Å². The Labute approximate surface area is 126 Å². The molecule has 0 amide bonds. The van der Waals surface area contributed by atoms with Gasteiger partial charge in [-0.3, -0.25) is 4.90 Å². The van der Waals surface area contributed by atoms with Gasteiger partial charge in [-0.25, -0.2) is 0 Å². The van der Waals surface area contributed by atoms with E-state index in [0.29, 0.717) is 17.9 Å². The normalized spacial score (nSPS) is 24.7. The average molecular weight is 294 g/mol. The highest BCUT2D eigenvalue weighted by molar-refractivity contribution is 5.26. The second kappa shape index (κ2) is 6.75. The van der Waals surface area contributed by atoms with Crippen LogP contribution in [0.1, 0.15) is 38.4 Å². The van der Waals surface area contributed by atoms with Gasteiger partial charge in [0.2, 0.25) is 0 Å². The van der Waals surface area contributed by atoms with Gasteiger partial charge in [0.1, 0.15) is 0 Å². The minimum absolute atomic E-state index is 0.316. The fourth-order valence-electron chi connectivity index (χ4n) is 3.13. The lowest BCUT2D eigenvalue weighted by atomic mass is 9.97. The van der Waals surface area contributed by atoms with Crippen molar-refractivity contribution in [2.24, 2.45) is 5.92 Å². The van der Waals surface area contributed by atoms with Crippen LogP contribution in [-0.2, 0) is 4.74 Å². The summed E-state index contributed by atoms with van der Waals surface area (Å²) in [4.78, 5) is 9.31. The van der Waals surface area contributed by atoms with E-state index in [0.717, 1.165) is 51.8 Å². The van der Waals surface area contributed by atoms with Crippen LogP contribution in [0.4, 0.5) is 6.01 Å². The molecule has 2 aliphatic rings. The number of anilines is 1. The number of hydrogen-bond acceptors (Lipinski definition) is 6. The molecule has 1 aromatic heterocycles. The molecule has 0 spiro atoms. The third-order valence-electron chi connectivity index (χ3n) is 4.36. The SMILES string of the molecule is CC(C)c1noc(N2CCCC(CN3CCOCC3)C2)n1. The third-order valence-corrected chi connectivity index (χ3v) is 4.36. The maximum atomic E-state index is 5.43. The Kier molecular flexibility index (Phi) is 4.75. The average Bonchev–Trinajstić information content (AvgIpc) is 2.99. The van der Waals surface area contributed by atoms with Crippen molar-refractivity contribution in [3.63, 3.8) is 0 Å². The zero-order chi connectivity index (χ0) is 14.7. The maximum absolute atomic E-state index is 5.43. The van der Waals surface area contributed by atoms with E-state index in [1.807, 2.05) is 0 Å². The van der Waals surface area contributed by atoms with Crippen LogP contribution < -0.4 is 4.90 Å². The van der Waals surface area contributed by atoms with Gasteiger partial charge in [0.05, 0.1) is 13.2 Å². The summed E-state index contributed by atoms with van der Waals surface area (Å²) in [7, 11) is 0. The predicted molar refractivity (Wildman–Crippen MR) is 80.6 cm³/mol. The topological polar surface area (TPSA) is 54.6 Å². The van der Waals surface area contributed by atoms with Gasteiger partial charge in [0.25, 0.3) is 0 Å². The first kappa shape index (κ1) is 14.8. The van der Waals surface area contributed by atoms with Gasteiger partial charge in [-0.05, 0) is 18.8 Å². The van der Waals surface area contributed by atoms with Crippen molar-refractivity contribution in [2.45, 2.75) is 32.6 Å². The van der Waals surface area contributed by atoms with Gasteiger partial charge < -0.3 is 14.2 Å².